The molecule has 7 heteroatoms. The highest BCUT2D eigenvalue weighted by molar-refractivity contribution is 6.30. The van der Waals surface area contributed by atoms with Gasteiger partial charge < -0.3 is 15.1 Å². The number of anilines is 1. The Labute approximate surface area is 173 Å². The minimum absolute atomic E-state index is 0.113. The molecule has 4 rings (SSSR count). The van der Waals surface area contributed by atoms with Gasteiger partial charge in [0, 0.05) is 40.7 Å². The van der Waals surface area contributed by atoms with Gasteiger partial charge in [0.05, 0.1) is 6.20 Å². The van der Waals surface area contributed by atoms with Gasteiger partial charge in [-0.3, -0.25) is 9.59 Å². The Morgan fingerprint density at radius 1 is 1.14 bits per heavy atom. The molecule has 2 amide bonds. The molecule has 0 aliphatic heterocycles. The Bertz CT molecular complexity index is 1030. The molecule has 1 aliphatic carbocycles. The van der Waals surface area contributed by atoms with E-state index in [1.807, 2.05) is 12.1 Å². The SMILES string of the molecule is O=C(CCc1ncc(-c2ccc(Cl)cc2)o1)Nc1cccc(C(=O)NC2CC2)c1. The van der Waals surface area contributed by atoms with Crippen molar-refractivity contribution in [1.29, 1.82) is 0 Å². The van der Waals surface area contributed by atoms with E-state index in [4.69, 9.17) is 16.0 Å². The summed E-state index contributed by atoms with van der Waals surface area (Å²) in [6.45, 7) is 0. The number of amides is 2. The van der Waals surface area contributed by atoms with Gasteiger partial charge in [-0.25, -0.2) is 4.98 Å². The van der Waals surface area contributed by atoms with Crippen molar-refractivity contribution in [2.24, 2.45) is 0 Å². The number of rotatable bonds is 7. The Kier molecular flexibility index (Phi) is 5.62. The number of nitrogens with one attached hydrogen (secondary N) is 2. The fourth-order valence-corrected chi connectivity index (χ4v) is 2.98. The summed E-state index contributed by atoms with van der Waals surface area (Å²) in [5, 5.41) is 6.41. The lowest BCUT2D eigenvalue weighted by molar-refractivity contribution is -0.116. The monoisotopic (exact) mass is 409 g/mol. The smallest absolute Gasteiger partial charge is 0.251 e. The maximum Gasteiger partial charge on any atom is 0.251 e. The molecule has 0 spiro atoms. The molecule has 6 nitrogen and oxygen atoms in total. The quantitative estimate of drug-likeness (QED) is 0.603. The number of hydrogen-bond acceptors (Lipinski definition) is 4. The van der Waals surface area contributed by atoms with Crippen LogP contribution in [0.15, 0.2) is 59.1 Å². The minimum atomic E-state index is -0.170. The third-order valence-corrected chi connectivity index (χ3v) is 4.82. The maximum absolute atomic E-state index is 12.3. The van der Waals surface area contributed by atoms with E-state index in [1.54, 1.807) is 42.6 Å². The van der Waals surface area contributed by atoms with Crippen LogP contribution in [0.5, 0.6) is 0 Å². The van der Waals surface area contributed by atoms with E-state index in [0.717, 1.165) is 18.4 Å². The van der Waals surface area contributed by atoms with Crippen molar-refractivity contribution < 1.29 is 14.0 Å². The van der Waals surface area contributed by atoms with Crippen LogP contribution in [0.4, 0.5) is 5.69 Å². The molecule has 1 heterocycles. The van der Waals surface area contributed by atoms with E-state index >= 15 is 0 Å². The first kappa shape index (κ1) is 19.2. The number of benzene rings is 2. The zero-order valence-corrected chi connectivity index (χ0v) is 16.4. The number of oxazole rings is 1. The first-order valence-electron chi connectivity index (χ1n) is 9.48. The number of carbonyl (C=O) groups excluding carboxylic acids is 2. The van der Waals surface area contributed by atoms with Crippen LogP contribution in [0, 0.1) is 0 Å². The molecule has 1 fully saturated rings. The Morgan fingerprint density at radius 2 is 1.93 bits per heavy atom. The third kappa shape index (κ3) is 5.23. The second-order valence-electron chi connectivity index (χ2n) is 7.00. The summed E-state index contributed by atoms with van der Waals surface area (Å²) in [6, 6.07) is 14.5. The second-order valence-corrected chi connectivity index (χ2v) is 7.44. The first-order chi connectivity index (χ1) is 14.1. The maximum atomic E-state index is 12.3. The van der Waals surface area contributed by atoms with Crippen LogP contribution in [-0.4, -0.2) is 22.8 Å². The topological polar surface area (TPSA) is 84.2 Å². The van der Waals surface area contributed by atoms with Gasteiger partial charge in [-0.15, -0.1) is 0 Å². The number of nitrogens with zero attached hydrogens (tertiary/aromatic N) is 1. The number of carbonyl (C=O) groups is 2. The van der Waals surface area contributed by atoms with Crippen molar-refractivity contribution in [2.75, 3.05) is 5.32 Å². The molecule has 0 saturated heterocycles. The van der Waals surface area contributed by atoms with Gasteiger partial charge in [0.15, 0.2) is 11.7 Å². The molecule has 0 unspecified atom stereocenters. The average Bonchev–Trinajstić information content (AvgIpc) is 3.41. The van der Waals surface area contributed by atoms with Crippen LogP contribution >= 0.6 is 11.6 Å². The highest BCUT2D eigenvalue weighted by Gasteiger charge is 2.23. The summed E-state index contributed by atoms with van der Waals surface area (Å²) in [4.78, 5) is 28.6. The first-order valence-corrected chi connectivity index (χ1v) is 9.86. The van der Waals surface area contributed by atoms with Crippen LogP contribution in [0.3, 0.4) is 0 Å². The normalized spacial score (nSPS) is 13.1. The summed E-state index contributed by atoms with van der Waals surface area (Å²) >= 11 is 5.89. The standard InChI is InChI=1S/C22H20ClN3O3/c23-16-6-4-14(5-7-16)19-13-24-21(29-19)11-10-20(27)25-18-3-1-2-15(12-18)22(28)26-17-8-9-17/h1-7,12-13,17H,8-11H2,(H,25,27)(H,26,28). The zero-order valence-electron chi connectivity index (χ0n) is 15.7. The molecule has 2 N–H and O–H groups in total. The molecule has 1 aliphatic rings. The van der Waals surface area contributed by atoms with Gasteiger partial charge in [0.2, 0.25) is 5.91 Å². The van der Waals surface area contributed by atoms with Gasteiger partial charge in [0.25, 0.3) is 5.91 Å². The van der Waals surface area contributed by atoms with E-state index in [1.165, 1.54) is 0 Å². The summed E-state index contributed by atoms with van der Waals surface area (Å²) in [6.07, 6.45) is 4.30. The molecule has 29 heavy (non-hydrogen) atoms. The molecule has 0 atom stereocenters. The summed E-state index contributed by atoms with van der Waals surface area (Å²) in [7, 11) is 0. The molecule has 0 bridgehead atoms. The highest BCUT2D eigenvalue weighted by atomic mass is 35.5. The van der Waals surface area contributed by atoms with Crippen molar-refractivity contribution in [3.8, 4) is 11.3 Å². The molecule has 2 aromatic carbocycles. The average molecular weight is 410 g/mol. The predicted molar refractivity (Wildman–Crippen MR) is 111 cm³/mol. The van der Waals surface area contributed by atoms with Crippen molar-refractivity contribution in [3.05, 3.63) is 71.2 Å². The molecule has 3 aromatic rings. The molecule has 148 valence electrons. The third-order valence-electron chi connectivity index (χ3n) is 4.57. The van der Waals surface area contributed by atoms with E-state index in [-0.39, 0.29) is 18.2 Å². The second kappa shape index (κ2) is 8.49. The number of aryl methyl sites for hydroxylation is 1. The lowest BCUT2D eigenvalue weighted by atomic mass is 10.2. The van der Waals surface area contributed by atoms with Gasteiger partial charge in [0.1, 0.15) is 0 Å². The molecule has 1 saturated carbocycles. The summed E-state index contributed by atoms with van der Waals surface area (Å²) in [5.41, 5.74) is 2.00. The number of halogens is 1. The largest absolute Gasteiger partial charge is 0.441 e. The van der Waals surface area contributed by atoms with Crippen LogP contribution in [0.1, 0.15) is 35.5 Å². The van der Waals surface area contributed by atoms with Crippen molar-refractivity contribution in [3.63, 3.8) is 0 Å². The fourth-order valence-electron chi connectivity index (χ4n) is 2.85. The zero-order chi connectivity index (χ0) is 20.2. The highest BCUT2D eigenvalue weighted by Crippen LogP contribution is 2.23. The van der Waals surface area contributed by atoms with E-state index in [9.17, 15) is 9.59 Å². The fraction of sp³-hybridized carbons (Fsp3) is 0.227. The molecular formula is C22H20ClN3O3. The Morgan fingerprint density at radius 3 is 2.69 bits per heavy atom. The molecule has 1 aromatic heterocycles. The van der Waals surface area contributed by atoms with Crippen LogP contribution < -0.4 is 10.6 Å². The van der Waals surface area contributed by atoms with Crippen molar-refractivity contribution >= 4 is 29.1 Å². The Hall–Kier alpha value is -3.12. The predicted octanol–water partition coefficient (Wildman–Crippen LogP) is 4.46. The van der Waals surface area contributed by atoms with E-state index in [0.29, 0.717) is 40.4 Å². The lowest BCUT2D eigenvalue weighted by Crippen LogP contribution is -2.25. The molecule has 0 radical (unpaired) electrons. The van der Waals surface area contributed by atoms with E-state index < -0.39 is 0 Å². The Balaban J connectivity index is 1.31. The number of aromatic nitrogens is 1. The minimum Gasteiger partial charge on any atom is -0.441 e. The molecular weight excluding hydrogens is 390 g/mol. The van der Waals surface area contributed by atoms with Gasteiger partial charge >= 0.3 is 0 Å². The van der Waals surface area contributed by atoms with Crippen LogP contribution in [0.25, 0.3) is 11.3 Å². The van der Waals surface area contributed by atoms with Crippen molar-refractivity contribution in [1.82, 2.24) is 10.3 Å². The van der Waals surface area contributed by atoms with Crippen molar-refractivity contribution in [2.45, 2.75) is 31.7 Å². The van der Waals surface area contributed by atoms with Gasteiger partial charge in [-0.2, -0.15) is 0 Å². The van der Waals surface area contributed by atoms with Gasteiger partial charge in [-0.05, 0) is 55.3 Å². The summed E-state index contributed by atoms with van der Waals surface area (Å²) in [5.74, 6) is 0.836. The summed E-state index contributed by atoms with van der Waals surface area (Å²) < 4.78 is 5.72. The van der Waals surface area contributed by atoms with Crippen LogP contribution in [-0.2, 0) is 11.2 Å². The number of hydrogen-bond donors (Lipinski definition) is 2. The van der Waals surface area contributed by atoms with Crippen LogP contribution in [0.2, 0.25) is 5.02 Å². The lowest BCUT2D eigenvalue weighted by Gasteiger charge is -2.07. The van der Waals surface area contributed by atoms with Gasteiger partial charge in [-0.1, -0.05) is 17.7 Å². The van der Waals surface area contributed by atoms with E-state index in [2.05, 4.69) is 15.6 Å².